The van der Waals surface area contributed by atoms with Crippen molar-refractivity contribution in [1.82, 2.24) is 29.6 Å². The Morgan fingerprint density at radius 1 is 1.26 bits per heavy atom. The first-order valence-corrected chi connectivity index (χ1v) is 9.20. The van der Waals surface area contributed by atoms with E-state index in [0.29, 0.717) is 29.3 Å². The van der Waals surface area contributed by atoms with Gasteiger partial charge in [-0.05, 0) is 31.9 Å². The SMILES string of the molecule is Cc1noc(-c2ccnc(-n3cnc(C(=O)N(C)C4CCCCC4)c3)c2)n1. The molecule has 0 bridgehead atoms. The van der Waals surface area contributed by atoms with Crippen LogP contribution in [-0.4, -0.2) is 48.6 Å². The van der Waals surface area contributed by atoms with Gasteiger partial charge in [-0.2, -0.15) is 4.98 Å². The van der Waals surface area contributed by atoms with Gasteiger partial charge in [0.25, 0.3) is 11.8 Å². The van der Waals surface area contributed by atoms with Gasteiger partial charge in [-0.15, -0.1) is 0 Å². The molecule has 0 saturated heterocycles. The van der Waals surface area contributed by atoms with Crippen molar-refractivity contribution in [3.63, 3.8) is 0 Å². The highest BCUT2D eigenvalue weighted by molar-refractivity contribution is 5.92. The normalized spacial score (nSPS) is 15.0. The van der Waals surface area contributed by atoms with E-state index in [4.69, 9.17) is 4.52 Å². The molecule has 1 aliphatic carbocycles. The molecule has 1 aliphatic rings. The molecular formula is C19H22N6O2. The van der Waals surface area contributed by atoms with Gasteiger partial charge in [0.05, 0.1) is 0 Å². The maximum atomic E-state index is 12.8. The molecule has 140 valence electrons. The maximum Gasteiger partial charge on any atom is 0.274 e. The van der Waals surface area contributed by atoms with Gasteiger partial charge in [0, 0.05) is 31.0 Å². The van der Waals surface area contributed by atoms with Gasteiger partial charge in [-0.1, -0.05) is 24.4 Å². The minimum absolute atomic E-state index is 0.0515. The van der Waals surface area contributed by atoms with Crippen molar-refractivity contribution >= 4 is 5.91 Å². The largest absolute Gasteiger partial charge is 0.337 e. The molecule has 0 aromatic carbocycles. The second-order valence-electron chi connectivity index (χ2n) is 6.92. The van der Waals surface area contributed by atoms with Crippen LogP contribution in [0.5, 0.6) is 0 Å². The number of carbonyl (C=O) groups excluding carboxylic acids is 1. The van der Waals surface area contributed by atoms with E-state index >= 15 is 0 Å². The Labute approximate surface area is 157 Å². The third-order valence-corrected chi connectivity index (χ3v) is 5.03. The molecule has 3 aromatic rings. The van der Waals surface area contributed by atoms with E-state index in [1.165, 1.54) is 19.3 Å². The summed E-state index contributed by atoms with van der Waals surface area (Å²) >= 11 is 0. The van der Waals surface area contributed by atoms with E-state index in [1.807, 2.05) is 18.0 Å². The highest BCUT2D eigenvalue weighted by Gasteiger charge is 2.24. The molecule has 1 amide bonds. The van der Waals surface area contributed by atoms with Crippen molar-refractivity contribution in [3.05, 3.63) is 42.4 Å². The molecule has 27 heavy (non-hydrogen) atoms. The third-order valence-electron chi connectivity index (χ3n) is 5.03. The van der Waals surface area contributed by atoms with Crippen LogP contribution >= 0.6 is 0 Å². The Bertz CT molecular complexity index is 941. The second kappa shape index (κ2) is 7.30. The zero-order valence-electron chi connectivity index (χ0n) is 15.5. The summed E-state index contributed by atoms with van der Waals surface area (Å²) in [6.45, 7) is 1.77. The van der Waals surface area contributed by atoms with Crippen LogP contribution in [0.15, 0.2) is 35.4 Å². The molecule has 1 fully saturated rings. The molecule has 0 N–H and O–H groups in total. The fourth-order valence-corrected chi connectivity index (χ4v) is 3.48. The first-order chi connectivity index (χ1) is 13.1. The van der Waals surface area contributed by atoms with Gasteiger partial charge < -0.3 is 9.42 Å². The summed E-state index contributed by atoms with van der Waals surface area (Å²) in [5.41, 5.74) is 1.19. The van der Waals surface area contributed by atoms with E-state index < -0.39 is 0 Å². The van der Waals surface area contributed by atoms with E-state index in [1.54, 1.807) is 36.3 Å². The zero-order valence-corrected chi connectivity index (χ0v) is 15.5. The van der Waals surface area contributed by atoms with Crippen LogP contribution in [0.4, 0.5) is 0 Å². The van der Waals surface area contributed by atoms with E-state index in [2.05, 4.69) is 20.1 Å². The number of rotatable bonds is 4. The Kier molecular flexibility index (Phi) is 4.70. The number of amides is 1. The summed E-state index contributed by atoms with van der Waals surface area (Å²) in [7, 11) is 1.87. The Hall–Kier alpha value is -3.03. The van der Waals surface area contributed by atoms with Crippen molar-refractivity contribution in [2.75, 3.05) is 7.05 Å². The van der Waals surface area contributed by atoms with E-state index in [0.717, 1.165) is 18.4 Å². The molecule has 8 nitrogen and oxygen atoms in total. The van der Waals surface area contributed by atoms with Crippen LogP contribution in [0.3, 0.4) is 0 Å². The molecule has 1 saturated carbocycles. The van der Waals surface area contributed by atoms with Gasteiger partial charge in [0.2, 0.25) is 0 Å². The van der Waals surface area contributed by atoms with Crippen LogP contribution in [0.25, 0.3) is 17.3 Å². The summed E-state index contributed by atoms with van der Waals surface area (Å²) in [6, 6.07) is 3.93. The average Bonchev–Trinajstić information content (AvgIpc) is 3.37. The third kappa shape index (κ3) is 3.60. The molecule has 0 aliphatic heterocycles. The van der Waals surface area contributed by atoms with Crippen LogP contribution in [-0.2, 0) is 0 Å². The van der Waals surface area contributed by atoms with E-state index in [9.17, 15) is 4.79 Å². The van der Waals surface area contributed by atoms with Gasteiger partial charge in [0.1, 0.15) is 17.8 Å². The lowest BCUT2D eigenvalue weighted by atomic mass is 9.94. The molecule has 0 atom stereocenters. The first kappa shape index (κ1) is 17.4. The summed E-state index contributed by atoms with van der Waals surface area (Å²) in [4.78, 5) is 27.5. The molecule has 3 aromatic heterocycles. The number of hydrogen-bond donors (Lipinski definition) is 0. The van der Waals surface area contributed by atoms with Crippen molar-refractivity contribution in [1.29, 1.82) is 0 Å². The zero-order chi connectivity index (χ0) is 18.8. The lowest BCUT2D eigenvalue weighted by molar-refractivity contribution is 0.0691. The van der Waals surface area contributed by atoms with Crippen molar-refractivity contribution in [2.45, 2.75) is 45.1 Å². The van der Waals surface area contributed by atoms with Gasteiger partial charge in [-0.25, -0.2) is 9.97 Å². The fourth-order valence-electron chi connectivity index (χ4n) is 3.48. The number of imidazole rings is 1. The summed E-state index contributed by atoms with van der Waals surface area (Å²) in [6.07, 6.45) is 10.7. The smallest absolute Gasteiger partial charge is 0.274 e. The molecule has 8 heteroatoms. The van der Waals surface area contributed by atoms with Gasteiger partial charge >= 0.3 is 0 Å². The Morgan fingerprint density at radius 3 is 2.81 bits per heavy atom. The summed E-state index contributed by atoms with van der Waals surface area (Å²) in [5.74, 6) is 1.59. The summed E-state index contributed by atoms with van der Waals surface area (Å²) in [5, 5.41) is 3.81. The first-order valence-electron chi connectivity index (χ1n) is 9.20. The number of aryl methyl sites for hydroxylation is 1. The lowest BCUT2D eigenvalue weighted by Crippen LogP contribution is -2.38. The molecule has 0 spiro atoms. The Morgan fingerprint density at radius 2 is 2.07 bits per heavy atom. The second-order valence-corrected chi connectivity index (χ2v) is 6.92. The molecule has 4 rings (SSSR count). The van der Waals surface area contributed by atoms with Crippen LogP contribution in [0, 0.1) is 6.92 Å². The number of hydrogen-bond acceptors (Lipinski definition) is 6. The van der Waals surface area contributed by atoms with Gasteiger partial charge in [-0.3, -0.25) is 9.36 Å². The quantitative estimate of drug-likeness (QED) is 0.705. The summed E-state index contributed by atoms with van der Waals surface area (Å²) < 4.78 is 6.94. The monoisotopic (exact) mass is 366 g/mol. The predicted octanol–water partition coefficient (Wildman–Crippen LogP) is 3.03. The minimum Gasteiger partial charge on any atom is -0.337 e. The van der Waals surface area contributed by atoms with Crippen molar-refractivity contribution < 1.29 is 9.32 Å². The highest BCUT2D eigenvalue weighted by Crippen LogP contribution is 2.23. The number of pyridine rings is 1. The predicted molar refractivity (Wildman–Crippen MR) is 98.4 cm³/mol. The Balaban J connectivity index is 1.54. The van der Waals surface area contributed by atoms with Gasteiger partial charge in [0.15, 0.2) is 5.82 Å². The molecular weight excluding hydrogens is 344 g/mol. The topological polar surface area (TPSA) is 89.9 Å². The number of aromatic nitrogens is 5. The van der Waals surface area contributed by atoms with Crippen LogP contribution < -0.4 is 0 Å². The fraction of sp³-hybridized carbons (Fsp3) is 0.421. The molecule has 3 heterocycles. The van der Waals surface area contributed by atoms with Crippen LogP contribution in [0.2, 0.25) is 0 Å². The van der Waals surface area contributed by atoms with Crippen molar-refractivity contribution in [2.24, 2.45) is 0 Å². The van der Waals surface area contributed by atoms with Crippen molar-refractivity contribution in [3.8, 4) is 17.3 Å². The highest BCUT2D eigenvalue weighted by atomic mass is 16.5. The number of nitrogens with zero attached hydrogens (tertiary/aromatic N) is 6. The minimum atomic E-state index is -0.0515. The standard InChI is InChI=1S/C19H22N6O2/c1-13-22-18(27-23-13)14-8-9-20-17(10-14)25-11-16(21-12-25)19(26)24(2)15-6-4-3-5-7-15/h8-12,15H,3-7H2,1-2H3. The molecule has 0 radical (unpaired) electrons. The average molecular weight is 366 g/mol. The maximum absolute atomic E-state index is 12.8. The molecule has 0 unspecified atom stereocenters. The number of carbonyl (C=O) groups is 1. The van der Waals surface area contributed by atoms with E-state index in [-0.39, 0.29) is 5.91 Å². The van der Waals surface area contributed by atoms with Crippen LogP contribution in [0.1, 0.15) is 48.4 Å². The lowest BCUT2D eigenvalue weighted by Gasteiger charge is -2.30.